The van der Waals surface area contributed by atoms with Crippen LogP contribution < -0.4 is 14.9 Å². The topological polar surface area (TPSA) is 83.7 Å². The third kappa shape index (κ3) is 4.58. The Morgan fingerprint density at radius 2 is 2.00 bits per heavy atom. The van der Waals surface area contributed by atoms with E-state index < -0.39 is 11.8 Å². The monoisotopic (exact) mass is 401 g/mol. The van der Waals surface area contributed by atoms with Crippen LogP contribution in [0.4, 0.5) is 0 Å². The molecule has 0 saturated heterocycles. The fraction of sp³-hybridized carbons (Fsp3) is 0.167. The number of nitrogens with one attached hydrogen (secondary N) is 1. The molecular formula is C18H16BrN3O3. The van der Waals surface area contributed by atoms with Gasteiger partial charge in [-0.05, 0) is 17.7 Å². The minimum absolute atomic E-state index is 0.489. The first-order chi connectivity index (χ1) is 12.1. The maximum Gasteiger partial charge on any atom is 0.261 e. The van der Waals surface area contributed by atoms with Crippen molar-refractivity contribution in [3.63, 3.8) is 0 Å². The van der Waals surface area contributed by atoms with Crippen molar-refractivity contribution >= 4 is 28.1 Å². The molecule has 0 saturated carbocycles. The number of hydrogen-bond donors (Lipinski definition) is 1. The van der Waals surface area contributed by atoms with Crippen LogP contribution >= 0.6 is 15.9 Å². The third-order valence-corrected chi connectivity index (χ3v) is 3.83. The fourth-order valence-corrected chi connectivity index (χ4v) is 2.67. The molecule has 0 fully saturated rings. The van der Waals surface area contributed by atoms with E-state index in [1.807, 2.05) is 12.1 Å². The summed E-state index contributed by atoms with van der Waals surface area (Å²) in [6, 6.07) is 14.3. The van der Waals surface area contributed by atoms with Crippen molar-refractivity contribution in [2.45, 2.75) is 5.92 Å². The van der Waals surface area contributed by atoms with Gasteiger partial charge in [0, 0.05) is 10.0 Å². The van der Waals surface area contributed by atoms with E-state index in [9.17, 15) is 10.1 Å². The largest absolute Gasteiger partial charge is 0.493 e. The summed E-state index contributed by atoms with van der Waals surface area (Å²) in [5, 5.41) is 13.2. The van der Waals surface area contributed by atoms with Gasteiger partial charge in [-0.3, -0.25) is 4.79 Å². The predicted octanol–water partition coefficient (Wildman–Crippen LogP) is 3.22. The Bertz CT molecular complexity index is 816. The standard InChI is InChI=1S/C18H16BrN3O3/c1-24-16-9-14(19)8-13(17(16)25-2)11-21-22-18(23)15(10-20)12-6-4-3-5-7-12/h3-9,11,15H,1-2H3,(H,22,23)/b21-11-/t15-/m0/s1. The highest BCUT2D eigenvalue weighted by molar-refractivity contribution is 9.10. The summed E-state index contributed by atoms with van der Waals surface area (Å²) >= 11 is 3.38. The molecule has 0 unspecified atom stereocenters. The lowest BCUT2D eigenvalue weighted by Gasteiger charge is -2.11. The average molecular weight is 402 g/mol. The number of nitrogens with zero attached hydrogens (tertiary/aromatic N) is 2. The zero-order valence-corrected chi connectivity index (χ0v) is 15.3. The van der Waals surface area contributed by atoms with E-state index in [1.165, 1.54) is 20.4 Å². The Balaban J connectivity index is 2.17. The number of halogens is 1. The number of carbonyl (C=O) groups is 1. The van der Waals surface area contributed by atoms with Crippen molar-refractivity contribution in [3.05, 3.63) is 58.1 Å². The highest BCUT2D eigenvalue weighted by Gasteiger charge is 2.19. The molecule has 0 radical (unpaired) electrons. The molecule has 7 heteroatoms. The van der Waals surface area contributed by atoms with Crippen LogP contribution in [0.15, 0.2) is 52.0 Å². The SMILES string of the molecule is COc1cc(Br)cc(/C=N\NC(=O)[C@@H](C#N)c2ccccc2)c1OC. The number of ether oxygens (including phenoxy) is 2. The van der Waals surface area contributed by atoms with Gasteiger partial charge in [0.25, 0.3) is 5.91 Å². The van der Waals surface area contributed by atoms with Gasteiger partial charge >= 0.3 is 0 Å². The molecule has 1 atom stereocenters. The van der Waals surface area contributed by atoms with Gasteiger partial charge in [0.1, 0.15) is 0 Å². The second kappa shape index (κ2) is 8.85. The maximum absolute atomic E-state index is 12.2. The van der Waals surface area contributed by atoms with E-state index >= 15 is 0 Å². The lowest BCUT2D eigenvalue weighted by Crippen LogP contribution is -2.24. The second-order valence-corrected chi connectivity index (χ2v) is 5.85. The van der Waals surface area contributed by atoms with Crippen LogP contribution in [-0.2, 0) is 4.79 Å². The Labute approximate surface area is 154 Å². The molecule has 6 nitrogen and oxygen atoms in total. The third-order valence-electron chi connectivity index (χ3n) is 3.37. The van der Waals surface area contributed by atoms with Gasteiger partial charge in [-0.2, -0.15) is 10.4 Å². The molecule has 0 bridgehead atoms. The van der Waals surface area contributed by atoms with Gasteiger partial charge in [0.2, 0.25) is 0 Å². The average Bonchev–Trinajstić information content (AvgIpc) is 2.62. The molecule has 2 aromatic carbocycles. The second-order valence-electron chi connectivity index (χ2n) is 4.94. The molecule has 1 amide bonds. The van der Waals surface area contributed by atoms with Gasteiger partial charge in [-0.1, -0.05) is 46.3 Å². The van der Waals surface area contributed by atoms with Gasteiger partial charge in [0.05, 0.1) is 26.5 Å². The molecule has 2 aromatic rings. The molecule has 128 valence electrons. The van der Waals surface area contributed by atoms with Gasteiger partial charge in [-0.15, -0.1) is 0 Å². The van der Waals surface area contributed by atoms with Crippen molar-refractivity contribution in [1.82, 2.24) is 5.43 Å². The summed E-state index contributed by atoms with van der Waals surface area (Å²) in [4.78, 5) is 12.2. The smallest absolute Gasteiger partial charge is 0.261 e. The first kappa shape index (κ1) is 18.5. The molecule has 0 aromatic heterocycles. The number of benzene rings is 2. The van der Waals surface area contributed by atoms with Crippen LogP contribution in [0.1, 0.15) is 17.0 Å². The van der Waals surface area contributed by atoms with E-state index in [2.05, 4.69) is 26.5 Å². The highest BCUT2D eigenvalue weighted by Crippen LogP contribution is 2.33. The minimum Gasteiger partial charge on any atom is -0.493 e. The van der Waals surface area contributed by atoms with Crippen LogP contribution in [0.3, 0.4) is 0 Å². The molecular weight excluding hydrogens is 386 g/mol. The molecule has 0 aliphatic rings. The van der Waals surface area contributed by atoms with Crippen LogP contribution in [-0.4, -0.2) is 26.3 Å². The van der Waals surface area contributed by atoms with Crippen LogP contribution in [0, 0.1) is 11.3 Å². The van der Waals surface area contributed by atoms with Crippen molar-refractivity contribution < 1.29 is 14.3 Å². The molecule has 1 N–H and O–H groups in total. The minimum atomic E-state index is -0.933. The van der Waals surface area contributed by atoms with E-state index in [0.29, 0.717) is 22.6 Å². The fourth-order valence-electron chi connectivity index (χ4n) is 2.21. The predicted molar refractivity (Wildman–Crippen MR) is 97.8 cm³/mol. The van der Waals surface area contributed by atoms with Crippen LogP contribution in [0.5, 0.6) is 11.5 Å². The summed E-state index contributed by atoms with van der Waals surface area (Å²) in [7, 11) is 3.05. The number of nitriles is 1. The van der Waals surface area contributed by atoms with Gasteiger partial charge in [0.15, 0.2) is 17.4 Å². The lowest BCUT2D eigenvalue weighted by atomic mass is 10.0. The van der Waals surface area contributed by atoms with Crippen molar-refractivity contribution in [2.24, 2.45) is 5.10 Å². The number of methoxy groups -OCH3 is 2. The van der Waals surface area contributed by atoms with Crippen molar-refractivity contribution in [1.29, 1.82) is 5.26 Å². The Morgan fingerprint density at radius 3 is 2.60 bits per heavy atom. The van der Waals surface area contributed by atoms with E-state index in [4.69, 9.17) is 9.47 Å². The van der Waals surface area contributed by atoms with Gasteiger partial charge in [-0.25, -0.2) is 5.43 Å². The summed E-state index contributed by atoms with van der Waals surface area (Å²) in [6.45, 7) is 0. The van der Waals surface area contributed by atoms with Gasteiger partial charge < -0.3 is 9.47 Å². The summed E-state index contributed by atoms with van der Waals surface area (Å²) < 4.78 is 11.3. The maximum atomic E-state index is 12.2. The molecule has 0 heterocycles. The Morgan fingerprint density at radius 1 is 1.28 bits per heavy atom. The van der Waals surface area contributed by atoms with E-state index in [0.717, 1.165) is 4.47 Å². The lowest BCUT2D eigenvalue weighted by molar-refractivity contribution is -0.121. The van der Waals surface area contributed by atoms with Crippen LogP contribution in [0.2, 0.25) is 0 Å². The van der Waals surface area contributed by atoms with E-state index in [-0.39, 0.29) is 0 Å². The number of hydrazone groups is 1. The molecule has 0 spiro atoms. The molecule has 0 aliphatic heterocycles. The van der Waals surface area contributed by atoms with Crippen molar-refractivity contribution in [2.75, 3.05) is 14.2 Å². The first-order valence-corrected chi connectivity index (χ1v) is 8.09. The number of hydrogen-bond acceptors (Lipinski definition) is 5. The number of amides is 1. The normalized spacial score (nSPS) is 11.6. The highest BCUT2D eigenvalue weighted by atomic mass is 79.9. The zero-order chi connectivity index (χ0) is 18.2. The zero-order valence-electron chi connectivity index (χ0n) is 13.7. The molecule has 25 heavy (non-hydrogen) atoms. The molecule has 0 aliphatic carbocycles. The first-order valence-electron chi connectivity index (χ1n) is 7.29. The van der Waals surface area contributed by atoms with E-state index in [1.54, 1.807) is 36.4 Å². The van der Waals surface area contributed by atoms with Crippen molar-refractivity contribution in [3.8, 4) is 17.6 Å². The summed E-state index contributed by atoms with van der Waals surface area (Å²) in [5.41, 5.74) is 3.61. The van der Waals surface area contributed by atoms with Crippen LogP contribution in [0.25, 0.3) is 0 Å². The number of rotatable bonds is 6. The summed E-state index contributed by atoms with van der Waals surface area (Å²) in [6.07, 6.45) is 1.43. The number of carbonyl (C=O) groups excluding carboxylic acids is 1. The molecule has 2 rings (SSSR count). The Hall–Kier alpha value is -2.85. The summed E-state index contributed by atoms with van der Waals surface area (Å²) in [5.74, 6) is -0.421. The quantitative estimate of drug-likeness (QED) is 0.594. The Kier molecular flexibility index (Phi) is 6.54.